The van der Waals surface area contributed by atoms with Gasteiger partial charge in [-0.25, -0.2) is 0 Å². The summed E-state index contributed by atoms with van der Waals surface area (Å²) < 4.78 is 5.35. The fourth-order valence-corrected chi connectivity index (χ4v) is 3.21. The van der Waals surface area contributed by atoms with Crippen molar-refractivity contribution in [3.05, 3.63) is 70.0 Å². The highest BCUT2D eigenvalue weighted by Gasteiger charge is 2.13. The van der Waals surface area contributed by atoms with Gasteiger partial charge in [0.25, 0.3) is 0 Å². The van der Waals surface area contributed by atoms with Crippen LogP contribution < -0.4 is 15.6 Å². The van der Waals surface area contributed by atoms with Crippen molar-refractivity contribution in [1.82, 2.24) is 10.3 Å². The number of fused-ring (bicyclic) bond motifs is 1. The number of aromatic hydroxyl groups is 1. The average molecular weight is 368 g/mol. The van der Waals surface area contributed by atoms with Gasteiger partial charge >= 0.3 is 0 Å². The van der Waals surface area contributed by atoms with Crippen LogP contribution in [0, 0.1) is 0 Å². The Labute approximate surface area is 157 Å². The number of methoxy groups -OCH3 is 1. The molecule has 1 heterocycles. The fourth-order valence-electron chi connectivity index (χ4n) is 3.21. The van der Waals surface area contributed by atoms with Gasteiger partial charge in [0.2, 0.25) is 5.56 Å². The lowest BCUT2D eigenvalue weighted by atomic mass is 10.0. The zero-order valence-corrected chi connectivity index (χ0v) is 15.2. The van der Waals surface area contributed by atoms with Crippen molar-refractivity contribution in [2.45, 2.75) is 18.9 Å². The number of hydrogen-bond donors (Lipinski definition) is 4. The van der Waals surface area contributed by atoms with E-state index in [1.165, 1.54) is 12.1 Å². The molecular weight excluding hydrogens is 344 g/mol. The molecule has 1 aromatic heterocycles. The van der Waals surface area contributed by atoms with E-state index in [-0.39, 0.29) is 11.3 Å². The summed E-state index contributed by atoms with van der Waals surface area (Å²) in [5.74, 6) is 0.880. The molecule has 0 bridgehead atoms. The number of H-pyrrole nitrogens is 1. The van der Waals surface area contributed by atoms with E-state index < -0.39 is 6.10 Å². The van der Waals surface area contributed by atoms with Crippen molar-refractivity contribution in [1.29, 1.82) is 0 Å². The summed E-state index contributed by atoms with van der Waals surface area (Å²) in [6.45, 7) is 1.13. The number of hydrogen-bond acceptors (Lipinski definition) is 5. The summed E-state index contributed by atoms with van der Waals surface area (Å²) in [6, 6.07) is 14.1. The maximum Gasteiger partial charge on any atom is 0.248 e. The summed E-state index contributed by atoms with van der Waals surface area (Å²) in [5.41, 5.74) is 1.88. The Morgan fingerprint density at radius 3 is 2.78 bits per heavy atom. The quantitative estimate of drug-likeness (QED) is 0.458. The van der Waals surface area contributed by atoms with Crippen molar-refractivity contribution in [3.8, 4) is 11.5 Å². The largest absolute Gasteiger partial charge is 0.506 e. The van der Waals surface area contributed by atoms with Crippen molar-refractivity contribution in [3.63, 3.8) is 0 Å². The molecule has 6 nitrogen and oxygen atoms in total. The van der Waals surface area contributed by atoms with Crippen LogP contribution in [0.25, 0.3) is 10.9 Å². The van der Waals surface area contributed by atoms with E-state index in [4.69, 9.17) is 4.74 Å². The number of aromatic nitrogens is 1. The number of aliphatic hydroxyl groups excluding tert-OH is 1. The second-order valence-corrected chi connectivity index (χ2v) is 6.42. The second kappa shape index (κ2) is 8.70. The monoisotopic (exact) mass is 368 g/mol. The fraction of sp³-hybridized carbons (Fsp3) is 0.286. The van der Waals surface area contributed by atoms with E-state index in [1.54, 1.807) is 19.2 Å². The topological polar surface area (TPSA) is 94.6 Å². The second-order valence-electron chi connectivity index (χ2n) is 6.42. The minimum Gasteiger partial charge on any atom is -0.506 e. The maximum atomic E-state index is 11.5. The van der Waals surface area contributed by atoms with Gasteiger partial charge in [-0.2, -0.15) is 0 Å². The van der Waals surface area contributed by atoms with Crippen LogP contribution in [0.5, 0.6) is 11.5 Å². The first-order chi connectivity index (χ1) is 13.1. The van der Waals surface area contributed by atoms with E-state index >= 15 is 0 Å². The van der Waals surface area contributed by atoms with Crippen LogP contribution in [0.3, 0.4) is 0 Å². The van der Waals surface area contributed by atoms with Crippen LogP contribution in [0.2, 0.25) is 0 Å². The average Bonchev–Trinajstić information content (AvgIpc) is 2.68. The van der Waals surface area contributed by atoms with Gasteiger partial charge in [0.05, 0.1) is 18.7 Å². The van der Waals surface area contributed by atoms with Gasteiger partial charge in [-0.1, -0.05) is 24.3 Å². The Balaban J connectivity index is 1.57. The minimum atomic E-state index is -0.745. The molecule has 0 radical (unpaired) electrons. The summed E-state index contributed by atoms with van der Waals surface area (Å²) in [5, 5.41) is 24.3. The highest BCUT2D eigenvalue weighted by molar-refractivity contribution is 5.87. The molecule has 0 amide bonds. The number of phenolic OH excluding ortho intramolecular Hbond substituents is 1. The standard InChI is InChI=1S/C21H24N2O4/c1-27-19-7-3-2-5-14(19)6-4-12-22-13-18(25)15-8-10-17(24)21-16(15)9-11-20(26)23-21/h2-3,5,7-11,18,22,24-25H,4,6,12-13H2,1H3,(H,23,26). The number of ether oxygens (including phenoxy) is 1. The van der Waals surface area contributed by atoms with Gasteiger partial charge in [0.15, 0.2) is 0 Å². The molecule has 0 aliphatic carbocycles. The Kier molecular flexibility index (Phi) is 6.11. The number of para-hydroxylation sites is 1. The number of rotatable bonds is 8. The Morgan fingerprint density at radius 2 is 1.96 bits per heavy atom. The maximum absolute atomic E-state index is 11.5. The smallest absolute Gasteiger partial charge is 0.248 e. The molecule has 3 rings (SSSR count). The molecule has 0 spiro atoms. The third-order valence-electron chi connectivity index (χ3n) is 4.60. The summed E-state index contributed by atoms with van der Waals surface area (Å²) in [7, 11) is 1.67. The molecule has 0 aliphatic heterocycles. The number of aliphatic hydroxyl groups is 1. The van der Waals surface area contributed by atoms with E-state index in [2.05, 4.69) is 16.4 Å². The van der Waals surface area contributed by atoms with E-state index in [1.807, 2.05) is 18.2 Å². The molecule has 6 heteroatoms. The van der Waals surface area contributed by atoms with Crippen LogP contribution in [0.1, 0.15) is 23.7 Å². The van der Waals surface area contributed by atoms with Gasteiger partial charge in [-0.05, 0) is 48.7 Å². The van der Waals surface area contributed by atoms with Crippen molar-refractivity contribution >= 4 is 10.9 Å². The number of aromatic amines is 1. The van der Waals surface area contributed by atoms with Crippen molar-refractivity contribution in [2.75, 3.05) is 20.2 Å². The third-order valence-corrected chi connectivity index (χ3v) is 4.60. The van der Waals surface area contributed by atoms with E-state index in [0.29, 0.717) is 23.0 Å². The summed E-state index contributed by atoms with van der Waals surface area (Å²) in [4.78, 5) is 14.1. The molecule has 4 N–H and O–H groups in total. The molecule has 0 saturated heterocycles. The van der Waals surface area contributed by atoms with E-state index in [9.17, 15) is 15.0 Å². The Hall–Kier alpha value is -2.83. The number of aryl methyl sites for hydroxylation is 1. The summed E-state index contributed by atoms with van der Waals surface area (Å²) >= 11 is 0. The molecule has 1 unspecified atom stereocenters. The highest BCUT2D eigenvalue weighted by atomic mass is 16.5. The lowest BCUT2D eigenvalue weighted by molar-refractivity contribution is 0.176. The number of pyridine rings is 1. The molecule has 1 atom stereocenters. The van der Waals surface area contributed by atoms with Gasteiger partial charge in [-0.3, -0.25) is 4.79 Å². The van der Waals surface area contributed by atoms with E-state index in [0.717, 1.165) is 30.7 Å². The zero-order valence-electron chi connectivity index (χ0n) is 15.2. The van der Waals surface area contributed by atoms with Gasteiger partial charge in [0.1, 0.15) is 11.5 Å². The van der Waals surface area contributed by atoms with Gasteiger partial charge < -0.3 is 25.3 Å². The molecule has 0 aliphatic rings. The Bertz CT molecular complexity index is 968. The minimum absolute atomic E-state index is 0.0107. The van der Waals surface area contributed by atoms with Gasteiger partial charge in [-0.15, -0.1) is 0 Å². The first-order valence-corrected chi connectivity index (χ1v) is 8.95. The molecule has 2 aromatic carbocycles. The van der Waals surface area contributed by atoms with Gasteiger partial charge in [0, 0.05) is 18.0 Å². The van der Waals surface area contributed by atoms with Crippen LogP contribution in [-0.4, -0.2) is 35.4 Å². The van der Waals surface area contributed by atoms with Crippen LogP contribution in [0.15, 0.2) is 53.3 Å². The predicted octanol–water partition coefficient (Wildman–Crippen LogP) is 2.50. The SMILES string of the molecule is COc1ccccc1CCCNCC(O)c1ccc(O)c2[nH]c(=O)ccc12. The number of benzene rings is 2. The normalized spacial score (nSPS) is 12.2. The molecular formula is C21H24N2O4. The first kappa shape index (κ1) is 18.9. The van der Waals surface area contributed by atoms with Crippen molar-refractivity contribution < 1.29 is 14.9 Å². The van der Waals surface area contributed by atoms with Crippen molar-refractivity contribution in [2.24, 2.45) is 0 Å². The van der Waals surface area contributed by atoms with Crippen LogP contribution >= 0.6 is 0 Å². The highest BCUT2D eigenvalue weighted by Crippen LogP contribution is 2.28. The summed E-state index contributed by atoms with van der Waals surface area (Å²) in [6.07, 6.45) is 1.05. The molecule has 27 heavy (non-hydrogen) atoms. The lowest BCUT2D eigenvalue weighted by Gasteiger charge is -2.15. The number of phenols is 1. The molecule has 3 aromatic rings. The van der Waals surface area contributed by atoms with Crippen LogP contribution in [0.4, 0.5) is 0 Å². The molecule has 0 saturated carbocycles. The molecule has 0 fully saturated rings. The lowest BCUT2D eigenvalue weighted by Crippen LogP contribution is -2.23. The number of nitrogens with one attached hydrogen (secondary N) is 2. The predicted molar refractivity (Wildman–Crippen MR) is 105 cm³/mol. The van der Waals surface area contributed by atoms with Crippen LogP contribution in [-0.2, 0) is 6.42 Å². The Morgan fingerprint density at radius 1 is 1.15 bits per heavy atom. The molecule has 142 valence electrons. The zero-order chi connectivity index (χ0) is 19.2. The third kappa shape index (κ3) is 4.48. The first-order valence-electron chi connectivity index (χ1n) is 8.95.